The number of nitrogens with zero attached hydrogens (tertiary/aromatic N) is 1. The minimum absolute atomic E-state index is 0.855. The van der Waals surface area contributed by atoms with Crippen molar-refractivity contribution in [2.75, 3.05) is 0 Å². The summed E-state index contributed by atoms with van der Waals surface area (Å²) in [5.74, 6) is 0. The van der Waals surface area contributed by atoms with Crippen LogP contribution < -0.4 is 0 Å². The molecule has 1 aromatic heterocycles. The zero-order valence-electron chi connectivity index (χ0n) is 10.4. The molecule has 86 valence electrons. The number of aromatic nitrogens is 1. The predicted molar refractivity (Wildman–Crippen MR) is 72.9 cm³/mol. The number of hydrogen-bond acceptors (Lipinski definition) is 1. The van der Waals surface area contributed by atoms with Crippen molar-refractivity contribution in [2.45, 2.75) is 20.3 Å². The summed E-state index contributed by atoms with van der Waals surface area (Å²) in [6, 6.07) is 12.7. The molecule has 1 heteroatoms. The second-order valence-electron chi connectivity index (χ2n) is 4.54. The molecule has 0 spiro atoms. The first kappa shape index (κ1) is 11.6. The molecule has 17 heavy (non-hydrogen) atoms. The first-order valence-corrected chi connectivity index (χ1v) is 5.81. The van der Waals surface area contributed by atoms with Gasteiger partial charge >= 0.3 is 0 Å². The molecule has 2 rings (SSSR count). The van der Waals surface area contributed by atoms with E-state index in [4.69, 9.17) is 0 Å². The molecule has 2 aromatic rings. The fraction of sp³-hybridized carbons (Fsp3) is 0.188. The van der Waals surface area contributed by atoms with Gasteiger partial charge in [-0.1, -0.05) is 48.0 Å². The Morgan fingerprint density at radius 1 is 1.18 bits per heavy atom. The summed E-state index contributed by atoms with van der Waals surface area (Å²) < 4.78 is 0. The molecule has 0 saturated heterocycles. The molecule has 0 aliphatic carbocycles. The average molecular weight is 223 g/mol. The van der Waals surface area contributed by atoms with Crippen LogP contribution in [0.2, 0.25) is 0 Å². The highest BCUT2D eigenvalue weighted by Crippen LogP contribution is 2.19. The highest BCUT2D eigenvalue weighted by Gasteiger charge is 1.99. The first-order valence-electron chi connectivity index (χ1n) is 5.81. The lowest BCUT2D eigenvalue weighted by Crippen LogP contribution is -1.90. The van der Waals surface area contributed by atoms with E-state index in [0.29, 0.717) is 0 Å². The van der Waals surface area contributed by atoms with Crippen molar-refractivity contribution in [2.24, 2.45) is 0 Å². The topological polar surface area (TPSA) is 12.9 Å². The third-order valence-corrected chi connectivity index (χ3v) is 2.66. The van der Waals surface area contributed by atoms with Crippen LogP contribution in [0.1, 0.15) is 18.2 Å². The fourth-order valence-electron chi connectivity index (χ4n) is 1.83. The number of benzene rings is 1. The molecule has 0 fully saturated rings. The van der Waals surface area contributed by atoms with Crippen LogP contribution in [0.25, 0.3) is 11.1 Å². The van der Waals surface area contributed by atoms with Gasteiger partial charge in [-0.2, -0.15) is 0 Å². The van der Waals surface area contributed by atoms with Gasteiger partial charge in [-0.15, -0.1) is 0 Å². The van der Waals surface area contributed by atoms with Crippen molar-refractivity contribution >= 4 is 0 Å². The maximum Gasteiger partial charge on any atom is 0.0444 e. The molecule has 0 amide bonds. The van der Waals surface area contributed by atoms with Gasteiger partial charge in [0.2, 0.25) is 0 Å². The molecule has 0 atom stereocenters. The van der Waals surface area contributed by atoms with Gasteiger partial charge in [0.05, 0.1) is 0 Å². The van der Waals surface area contributed by atoms with E-state index in [2.05, 4.69) is 54.9 Å². The van der Waals surface area contributed by atoms with Crippen LogP contribution in [0, 0.1) is 6.92 Å². The molecule has 1 nitrogen and oxygen atoms in total. The van der Waals surface area contributed by atoms with E-state index in [9.17, 15) is 0 Å². The molecular formula is C16H17N. The minimum atomic E-state index is 0.855. The highest BCUT2D eigenvalue weighted by molar-refractivity contribution is 5.63. The van der Waals surface area contributed by atoms with E-state index in [-0.39, 0.29) is 0 Å². The number of hydrogen-bond donors (Lipinski definition) is 0. The lowest BCUT2D eigenvalue weighted by Gasteiger charge is -2.04. The van der Waals surface area contributed by atoms with E-state index < -0.39 is 0 Å². The minimum Gasteiger partial charge on any atom is -0.260 e. The van der Waals surface area contributed by atoms with Gasteiger partial charge in [-0.3, -0.25) is 4.98 Å². The Balaban J connectivity index is 2.26. The molecule has 0 aliphatic rings. The van der Waals surface area contributed by atoms with Crippen molar-refractivity contribution in [3.05, 3.63) is 66.0 Å². The van der Waals surface area contributed by atoms with Crippen molar-refractivity contribution in [3.8, 4) is 11.1 Å². The van der Waals surface area contributed by atoms with E-state index >= 15 is 0 Å². The second kappa shape index (κ2) is 4.96. The highest BCUT2D eigenvalue weighted by atomic mass is 14.7. The Morgan fingerprint density at radius 3 is 2.59 bits per heavy atom. The monoisotopic (exact) mass is 223 g/mol. The van der Waals surface area contributed by atoms with Crippen molar-refractivity contribution in [1.82, 2.24) is 4.98 Å². The van der Waals surface area contributed by atoms with Gasteiger partial charge in [-0.05, 0) is 25.5 Å². The summed E-state index contributed by atoms with van der Waals surface area (Å²) in [7, 11) is 0. The van der Waals surface area contributed by atoms with Gasteiger partial charge in [0, 0.05) is 23.9 Å². The van der Waals surface area contributed by atoms with E-state index in [1.54, 1.807) is 0 Å². The molecule has 0 radical (unpaired) electrons. The van der Waals surface area contributed by atoms with Crippen LogP contribution in [0.15, 0.2) is 54.7 Å². The number of rotatable bonds is 3. The first-order chi connectivity index (χ1) is 8.15. The quantitative estimate of drug-likeness (QED) is 0.711. The van der Waals surface area contributed by atoms with E-state index in [0.717, 1.165) is 17.7 Å². The third kappa shape index (κ3) is 3.04. The number of aryl methyl sites for hydroxylation is 1. The Bertz CT molecular complexity index is 523. The van der Waals surface area contributed by atoms with Crippen molar-refractivity contribution in [1.29, 1.82) is 0 Å². The molecule has 1 aromatic carbocycles. The lowest BCUT2D eigenvalue weighted by atomic mass is 10.0. The van der Waals surface area contributed by atoms with Gasteiger partial charge in [0.25, 0.3) is 0 Å². The zero-order chi connectivity index (χ0) is 12.3. The fourth-order valence-corrected chi connectivity index (χ4v) is 1.83. The van der Waals surface area contributed by atoms with Crippen molar-refractivity contribution in [3.63, 3.8) is 0 Å². The van der Waals surface area contributed by atoms with Crippen LogP contribution >= 0.6 is 0 Å². The summed E-state index contributed by atoms with van der Waals surface area (Å²) in [4.78, 5) is 4.46. The smallest absolute Gasteiger partial charge is 0.0444 e. The molecule has 0 unspecified atom stereocenters. The number of pyridine rings is 1. The van der Waals surface area contributed by atoms with Crippen LogP contribution in [0.3, 0.4) is 0 Å². The van der Waals surface area contributed by atoms with Gasteiger partial charge in [-0.25, -0.2) is 0 Å². The largest absolute Gasteiger partial charge is 0.260 e. The van der Waals surface area contributed by atoms with E-state index in [1.807, 2.05) is 13.1 Å². The molecule has 0 aliphatic heterocycles. The predicted octanol–water partition coefficient (Wildman–Crippen LogP) is 4.18. The Hall–Kier alpha value is -1.89. The van der Waals surface area contributed by atoms with E-state index in [1.165, 1.54) is 16.7 Å². The lowest BCUT2D eigenvalue weighted by molar-refractivity contribution is 1.05. The third-order valence-electron chi connectivity index (χ3n) is 2.66. The maximum absolute atomic E-state index is 4.46. The summed E-state index contributed by atoms with van der Waals surface area (Å²) >= 11 is 0. The summed E-state index contributed by atoms with van der Waals surface area (Å²) in [6.45, 7) is 8.03. The molecule has 0 N–H and O–H groups in total. The normalized spacial score (nSPS) is 10.2. The molecule has 0 saturated carbocycles. The molecule has 1 heterocycles. The van der Waals surface area contributed by atoms with Crippen LogP contribution in [0.4, 0.5) is 0 Å². The Kier molecular flexibility index (Phi) is 3.38. The molecular weight excluding hydrogens is 206 g/mol. The Labute approximate surface area is 103 Å². The standard InChI is InChI=1S/C16H17N/c1-12(2)9-16-8-7-15(11-17-16)14-6-4-5-13(3)10-14/h4-8,10-11H,1,9H2,2-3H3. The SMILES string of the molecule is C=C(C)Cc1ccc(-c2cccc(C)c2)cn1. The van der Waals surface area contributed by atoms with Crippen molar-refractivity contribution < 1.29 is 0 Å². The molecule has 0 bridgehead atoms. The number of allylic oxidation sites excluding steroid dienone is 1. The average Bonchev–Trinajstić information content (AvgIpc) is 2.29. The second-order valence-corrected chi connectivity index (χ2v) is 4.54. The van der Waals surface area contributed by atoms with Crippen LogP contribution in [-0.2, 0) is 6.42 Å². The van der Waals surface area contributed by atoms with Gasteiger partial charge in [0.1, 0.15) is 0 Å². The summed E-state index contributed by atoms with van der Waals surface area (Å²) in [5, 5.41) is 0. The van der Waals surface area contributed by atoms with Gasteiger partial charge < -0.3 is 0 Å². The summed E-state index contributed by atoms with van der Waals surface area (Å²) in [6.07, 6.45) is 2.79. The van der Waals surface area contributed by atoms with Crippen LogP contribution in [-0.4, -0.2) is 4.98 Å². The zero-order valence-corrected chi connectivity index (χ0v) is 10.4. The Morgan fingerprint density at radius 2 is 2.00 bits per heavy atom. The summed E-state index contributed by atoms with van der Waals surface area (Å²) in [5.41, 5.74) is 5.88. The van der Waals surface area contributed by atoms with Gasteiger partial charge in [0.15, 0.2) is 0 Å². The maximum atomic E-state index is 4.46. The van der Waals surface area contributed by atoms with Crippen LogP contribution in [0.5, 0.6) is 0 Å².